The van der Waals surface area contributed by atoms with Crippen molar-refractivity contribution < 1.29 is 32.3 Å². The molecule has 2 N–H and O–H groups in total. The summed E-state index contributed by atoms with van der Waals surface area (Å²) in [6, 6.07) is 11.4. The van der Waals surface area contributed by atoms with E-state index in [1.807, 2.05) is 19.9 Å². The van der Waals surface area contributed by atoms with Crippen molar-refractivity contribution >= 4 is 33.5 Å². The number of carbonyl (C=O) groups is 3. The molecule has 0 unspecified atom stereocenters. The topological polar surface area (TPSA) is 131 Å². The summed E-state index contributed by atoms with van der Waals surface area (Å²) in [4.78, 5) is 36.0. The van der Waals surface area contributed by atoms with Crippen LogP contribution in [0.25, 0.3) is 0 Å². The van der Waals surface area contributed by atoms with Crippen LogP contribution in [0.5, 0.6) is 5.75 Å². The van der Waals surface area contributed by atoms with Crippen molar-refractivity contribution in [3.8, 4) is 5.75 Å². The van der Waals surface area contributed by atoms with E-state index in [-0.39, 0.29) is 11.4 Å². The summed E-state index contributed by atoms with van der Waals surface area (Å²) < 4.78 is 35.8. The fraction of sp³-hybridized carbons (Fsp3) is 0.318. The molecule has 0 saturated heterocycles. The highest BCUT2D eigenvalue weighted by Crippen LogP contribution is 2.24. The predicted molar refractivity (Wildman–Crippen MR) is 121 cm³/mol. The van der Waals surface area contributed by atoms with Gasteiger partial charge < -0.3 is 20.1 Å². The SMILES string of the molecule is COc1ccc(C)cc1NC(=O)CNC(=O)COC(=O)CN(C)S(=O)(=O)c1ccc(C)cc1. The summed E-state index contributed by atoms with van der Waals surface area (Å²) in [6.07, 6.45) is 0. The number of esters is 1. The van der Waals surface area contributed by atoms with Gasteiger partial charge in [0.2, 0.25) is 15.9 Å². The van der Waals surface area contributed by atoms with E-state index in [2.05, 4.69) is 10.6 Å². The van der Waals surface area contributed by atoms with Crippen LogP contribution in [0, 0.1) is 13.8 Å². The fourth-order valence-corrected chi connectivity index (χ4v) is 3.81. The van der Waals surface area contributed by atoms with Gasteiger partial charge in [-0.05, 0) is 43.7 Å². The minimum absolute atomic E-state index is 0.0393. The molecule has 0 bridgehead atoms. The third-order valence-corrected chi connectivity index (χ3v) is 6.34. The Morgan fingerprint density at radius 3 is 2.24 bits per heavy atom. The minimum Gasteiger partial charge on any atom is -0.495 e. The van der Waals surface area contributed by atoms with Crippen LogP contribution in [-0.4, -0.2) is 64.4 Å². The van der Waals surface area contributed by atoms with Crippen LogP contribution in [0.15, 0.2) is 47.4 Å². The molecule has 33 heavy (non-hydrogen) atoms. The van der Waals surface area contributed by atoms with Gasteiger partial charge >= 0.3 is 5.97 Å². The first-order valence-electron chi connectivity index (χ1n) is 9.92. The number of rotatable bonds is 10. The van der Waals surface area contributed by atoms with E-state index in [0.717, 1.165) is 15.4 Å². The third kappa shape index (κ3) is 7.58. The van der Waals surface area contributed by atoms with Crippen LogP contribution in [0.3, 0.4) is 0 Å². The number of sulfonamides is 1. The molecule has 0 fully saturated rings. The summed E-state index contributed by atoms with van der Waals surface area (Å²) in [6.45, 7) is 2.10. The van der Waals surface area contributed by atoms with Crippen molar-refractivity contribution in [1.82, 2.24) is 9.62 Å². The number of anilines is 1. The molecular weight excluding hydrogens is 450 g/mol. The Labute approximate surface area is 192 Å². The van der Waals surface area contributed by atoms with Gasteiger partial charge in [-0.15, -0.1) is 0 Å². The smallest absolute Gasteiger partial charge is 0.321 e. The van der Waals surface area contributed by atoms with Crippen LogP contribution >= 0.6 is 0 Å². The molecule has 0 aliphatic rings. The van der Waals surface area contributed by atoms with E-state index in [0.29, 0.717) is 11.4 Å². The van der Waals surface area contributed by atoms with Crippen LogP contribution < -0.4 is 15.4 Å². The molecule has 0 aliphatic heterocycles. The molecular formula is C22H27N3O7S. The van der Waals surface area contributed by atoms with Crippen LogP contribution in [0.2, 0.25) is 0 Å². The molecule has 2 aromatic carbocycles. The Kier molecular flexibility index (Phi) is 8.94. The lowest BCUT2D eigenvalue weighted by Crippen LogP contribution is -2.37. The predicted octanol–water partition coefficient (Wildman–Crippen LogP) is 1.23. The summed E-state index contributed by atoms with van der Waals surface area (Å²) in [7, 11) is -1.17. The van der Waals surface area contributed by atoms with Crippen LogP contribution in [0.4, 0.5) is 5.69 Å². The number of ether oxygens (including phenoxy) is 2. The number of aryl methyl sites for hydroxylation is 2. The first-order chi connectivity index (χ1) is 15.5. The average molecular weight is 478 g/mol. The molecule has 11 heteroatoms. The summed E-state index contributed by atoms with van der Waals surface area (Å²) in [5.74, 6) is -1.64. The van der Waals surface area contributed by atoms with Crippen molar-refractivity contribution in [3.63, 3.8) is 0 Å². The Balaban J connectivity index is 1.78. The minimum atomic E-state index is -3.88. The number of nitrogens with zero attached hydrogens (tertiary/aromatic N) is 1. The molecule has 178 valence electrons. The molecule has 0 heterocycles. The van der Waals surface area contributed by atoms with E-state index < -0.39 is 41.0 Å². The number of hydrogen-bond acceptors (Lipinski definition) is 7. The zero-order valence-electron chi connectivity index (χ0n) is 18.9. The van der Waals surface area contributed by atoms with Crippen molar-refractivity contribution in [1.29, 1.82) is 0 Å². The van der Waals surface area contributed by atoms with E-state index in [9.17, 15) is 22.8 Å². The second kappa shape index (κ2) is 11.4. The molecule has 0 aliphatic carbocycles. The van der Waals surface area contributed by atoms with E-state index in [1.54, 1.807) is 24.3 Å². The van der Waals surface area contributed by atoms with Gasteiger partial charge in [-0.2, -0.15) is 4.31 Å². The number of amides is 2. The second-order valence-corrected chi connectivity index (χ2v) is 9.31. The molecule has 2 aromatic rings. The summed E-state index contributed by atoms with van der Waals surface area (Å²) >= 11 is 0. The molecule has 2 rings (SSSR count). The van der Waals surface area contributed by atoms with Gasteiger partial charge in [0.05, 0.1) is 24.2 Å². The Morgan fingerprint density at radius 2 is 1.61 bits per heavy atom. The van der Waals surface area contributed by atoms with Crippen molar-refractivity contribution in [2.45, 2.75) is 18.7 Å². The first kappa shape index (κ1) is 25.8. The average Bonchev–Trinajstić information content (AvgIpc) is 2.76. The lowest BCUT2D eigenvalue weighted by molar-refractivity contribution is -0.148. The fourth-order valence-electron chi connectivity index (χ4n) is 2.69. The van der Waals surface area contributed by atoms with Gasteiger partial charge in [0.15, 0.2) is 6.61 Å². The van der Waals surface area contributed by atoms with Crippen LogP contribution in [0.1, 0.15) is 11.1 Å². The second-order valence-electron chi connectivity index (χ2n) is 7.26. The van der Waals surface area contributed by atoms with E-state index in [4.69, 9.17) is 9.47 Å². The number of nitrogens with one attached hydrogen (secondary N) is 2. The van der Waals surface area contributed by atoms with E-state index in [1.165, 1.54) is 26.3 Å². The Bertz CT molecular complexity index is 1120. The Morgan fingerprint density at radius 1 is 0.970 bits per heavy atom. The molecule has 0 atom stereocenters. The van der Waals surface area contributed by atoms with Crippen LogP contribution in [-0.2, 0) is 29.1 Å². The van der Waals surface area contributed by atoms with Crippen molar-refractivity contribution in [3.05, 3.63) is 53.6 Å². The first-order valence-corrected chi connectivity index (χ1v) is 11.4. The van der Waals surface area contributed by atoms with Gasteiger partial charge in [-0.1, -0.05) is 23.8 Å². The molecule has 10 nitrogen and oxygen atoms in total. The molecule has 0 radical (unpaired) electrons. The van der Waals surface area contributed by atoms with Gasteiger partial charge in [-0.25, -0.2) is 8.42 Å². The van der Waals surface area contributed by atoms with Crippen molar-refractivity contribution in [2.75, 3.05) is 39.2 Å². The van der Waals surface area contributed by atoms with E-state index >= 15 is 0 Å². The van der Waals surface area contributed by atoms with Gasteiger partial charge in [0.1, 0.15) is 12.3 Å². The maximum absolute atomic E-state index is 12.5. The largest absolute Gasteiger partial charge is 0.495 e. The maximum Gasteiger partial charge on any atom is 0.321 e. The summed E-state index contributed by atoms with van der Waals surface area (Å²) in [5, 5.41) is 4.95. The van der Waals surface area contributed by atoms with Gasteiger partial charge in [-0.3, -0.25) is 14.4 Å². The lowest BCUT2D eigenvalue weighted by atomic mass is 10.2. The number of methoxy groups -OCH3 is 1. The zero-order valence-corrected chi connectivity index (χ0v) is 19.7. The van der Waals surface area contributed by atoms with Gasteiger partial charge in [0, 0.05) is 7.05 Å². The lowest BCUT2D eigenvalue weighted by Gasteiger charge is -2.16. The number of hydrogen-bond donors (Lipinski definition) is 2. The normalized spacial score (nSPS) is 11.1. The van der Waals surface area contributed by atoms with Gasteiger partial charge in [0.25, 0.3) is 5.91 Å². The number of benzene rings is 2. The highest BCUT2D eigenvalue weighted by atomic mass is 32.2. The Hall–Kier alpha value is -3.44. The molecule has 2 amide bonds. The highest BCUT2D eigenvalue weighted by Gasteiger charge is 2.23. The quantitative estimate of drug-likeness (QED) is 0.492. The molecule has 0 spiro atoms. The highest BCUT2D eigenvalue weighted by molar-refractivity contribution is 7.89. The van der Waals surface area contributed by atoms with Crippen molar-refractivity contribution in [2.24, 2.45) is 0 Å². The summed E-state index contributed by atoms with van der Waals surface area (Å²) in [5.41, 5.74) is 2.27. The maximum atomic E-state index is 12.5. The molecule has 0 aromatic heterocycles. The number of likely N-dealkylation sites (N-methyl/N-ethyl adjacent to an activating group) is 1. The number of carbonyl (C=O) groups excluding carboxylic acids is 3. The molecule has 0 saturated carbocycles. The standard InChI is InChI=1S/C22H27N3O7S/c1-15-5-8-17(9-6-15)33(29,30)25(3)13-22(28)32-14-21(27)23-12-20(26)24-18-11-16(2)7-10-19(18)31-4/h5-11H,12-14H2,1-4H3,(H,23,27)(H,24,26). The third-order valence-electron chi connectivity index (χ3n) is 4.52. The monoisotopic (exact) mass is 477 g/mol. The zero-order chi connectivity index (χ0) is 24.6.